The minimum atomic E-state index is -0.176. The summed E-state index contributed by atoms with van der Waals surface area (Å²) in [6, 6.07) is 9.59. The zero-order valence-corrected chi connectivity index (χ0v) is 11.1. The van der Waals surface area contributed by atoms with Gasteiger partial charge in [0.2, 0.25) is 0 Å². The van der Waals surface area contributed by atoms with Gasteiger partial charge in [-0.1, -0.05) is 26.0 Å². The van der Waals surface area contributed by atoms with E-state index in [0.717, 1.165) is 11.1 Å². The standard InChI is InChI=1S/C13H13NO3.C2H6/c14-7-10-5-8(1-3-11(10)15)9-2-4-12(16)13(17)6-9;1-2/h1-6,15-17H,7,14H2;1-2H3. The number of aromatic hydroxyl groups is 3. The van der Waals surface area contributed by atoms with E-state index in [2.05, 4.69) is 0 Å². The van der Waals surface area contributed by atoms with Crippen LogP contribution in [0.2, 0.25) is 0 Å². The van der Waals surface area contributed by atoms with Crippen LogP contribution in [0.25, 0.3) is 11.1 Å². The van der Waals surface area contributed by atoms with Gasteiger partial charge >= 0.3 is 0 Å². The highest BCUT2D eigenvalue weighted by Crippen LogP contribution is 2.32. The Bertz CT molecular complexity index is 553. The van der Waals surface area contributed by atoms with Gasteiger partial charge in [0.05, 0.1) is 0 Å². The first-order valence-electron chi connectivity index (χ1n) is 6.16. The van der Waals surface area contributed by atoms with Gasteiger partial charge in [-0.3, -0.25) is 0 Å². The summed E-state index contributed by atoms with van der Waals surface area (Å²) in [6.45, 7) is 4.24. The monoisotopic (exact) mass is 261 g/mol. The Balaban J connectivity index is 0.000000861. The van der Waals surface area contributed by atoms with Crippen molar-refractivity contribution in [3.05, 3.63) is 42.0 Å². The van der Waals surface area contributed by atoms with Gasteiger partial charge in [0, 0.05) is 12.1 Å². The van der Waals surface area contributed by atoms with E-state index in [9.17, 15) is 15.3 Å². The first kappa shape index (κ1) is 14.9. The fraction of sp³-hybridized carbons (Fsp3) is 0.200. The Labute approximate surface area is 112 Å². The van der Waals surface area contributed by atoms with Gasteiger partial charge in [-0.2, -0.15) is 0 Å². The quantitative estimate of drug-likeness (QED) is 0.626. The van der Waals surface area contributed by atoms with Crippen molar-refractivity contribution in [1.82, 2.24) is 0 Å². The summed E-state index contributed by atoms with van der Waals surface area (Å²) in [6.07, 6.45) is 0. The second-order valence-corrected chi connectivity index (χ2v) is 3.75. The highest BCUT2D eigenvalue weighted by atomic mass is 16.3. The molecular weight excluding hydrogens is 242 g/mol. The molecule has 19 heavy (non-hydrogen) atoms. The number of phenols is 3. The van der Waals surface area contributed by atoms with Gasteiger partial charge in [0.25, 0.3) is 0 Å². The molecule has 0 atom stereocenters. The molecule has 0 radical (unpaired) electrons. The molecule has 102 valence electrons. The zero-order chi connectivity index (χ0) is 14.4. The highest BCUT2D eigenvalue weighted by Gasteiger charge is 2.06. The molecule has 5 N–H and O–H groups in total. The van der Waals surface area contributed by atoms with Crippen LogP contribution in [0.5, 0.6) is 17.2 Å². The Morgan fingerprint density at radius 1 is 0.789 bits per heavy atom. The first-order valence-corrected chi connectivity index (χ1v) is 6.16. The van der Waals surface area contributed by atoms with E-state index in [1.165, 1.54) is 12.1 Å². The molecule has 0 saturated carbocycles. The number of hydrogen-bond donors (Lipinski definition) is 4. The normalized spacial score (nSPS) is 9.63. The molecule has 0 bridgehead atoms. The fourth-order valence-electron chi connectivity index (χ4n) is 1.63. The molecule has 4 heteroatoms. The average molecular weight is 261 g/mol. The van der Waals surface area contributed by atoms with Gasteiger partial charge in [-0.15, -0.1) is 0 Å². The molecule has 2 aromatic rings. The topological polar surface area (TPSA) is 86.7 Å². The predicted molar refractivity (Wildman–Crippen MR) is 76.1 cm³/mol. The lowest BCUT2D eigenvalue weighted by atomic mass is 10.0. The van der Waals surface area contributed by atoms with Gasteiger partial charge in [-0.25, -0.2) is 0 Å². The van der Waals surface area contributed by atoms with E-state index in [-0.39, 0.29) is 23.8 Å². The Morgan fingerprint density at radius 3 is 1.84 bits per heavy atom. The summed E-state index contributed by atoms with van der Waals surface area (Å²) in [5.41, 5.74) is 7.70. The molecule has 0 aliphatic rings. The SMILES string of the molecule is CC.NCc1cc(-c2ccc(O)c(O)c2)ccc1O. The Morgan fingerprint density at radius 2 is 1.32 bits per heavy atom. The molecule has 2 rings (SSSR count). The number of nitrogens with two attached hydrogens (primary N) is 1. The molecule has 0 heterocycles. The lowest BCUT2D eigenvalue weighted by Crippen LogP contribution is -1.96. The van der Waals surface area contributed by atoms with E-state index in [1.54, 1.807) is 24.3 Å². The van der Waals surface area contributed by atoms with E-state index in [0.29, 0.717) is 5.56 Å². The van der Waals surface area contributed by atoms with Crippen LogP contribution in [0.4, 0.5) is 0 Å². The van der Waals surface area contributed by atoms with Crippen LogP contribution in [0.3, 0.4) is 0 Å². The Hall–Kier alpha value is -2.20. The summed E-state index contributed by atoms with van der Waals surface area (Å²) < 4.78 is 0. The summed E-state index contributed by atoms with van der Waals surface area (Å²) in [7, 11) is 0. The lowest BCUT2D eigenvalue weighted by molar-refractivity contribution is 0.404. The predicted octanol–water partition coefficient (Wildman–Crippen LogP) is 2.96. The van der Waals surface area contributed by atoms with Crippen molar-refractivity contribution in [3.63, 3.8) is 0 Å². The third-order valence-corrected chi connectivity index (χ3v) is 2.61. The van der Waals surface area contributed by atoms with Crippen LogP contribution >= 0.6 is 0 Å². The van der Waals surface area contributed by atoms with Gasteiger partial charge in [0.1, 0.15) is 5.75 Å². The first-order chi connectivity index (χ1) is 9.11. The summed E-state index contributed by atoms with van der Waals surface area (Å²) in [4.78, 5) is 0. The maximum atomic E-state index is 9.51. The number of phenolic OH excluding ortho intramolecular Hbond substituents is 3. The van der Waals surface area contributed by atoms with Gasteiger partial charge in [0.15, 0.2) is 11.5 Å². The molecule has 0 amide bonds. The van der Waals surface area contributed by atoms with Crippen molar-refractivity contribution in [2.24, 2.45) is 5.73 Å². The van der Waals surface area contributed by atoms with Crippen LogP contribution in [0, 0.1) is 0 Å². The van der Waals surface area contributed by atoms with Gasteiger partial charge in [-0.05, 0) is 35.4 Å². The van der Waals surface area contributed by atoms with Crippen LogP contribution in [-0.4, -0.2) is 15.3 Å². The van der Waals surface area contributed by atoms with E-state index in [4.69, 9.17) is 5.73 Å². The average Bonchev–Trinajstić information content (AvgIpc) is 2.45. The molecule has 0 aliphatic carbocycles. The van der Waals surface area contributed by atoms with Crippen LogP contribution in [0.15, 0.2) is 36.4 Å². The van der Waals surface area contributed by atoms with Crippen LogP contribution in [0.1, 0.15) is 19.4 Å². The molecule has 2 aromatic carbocycles. The number of hydrogen-bond acceptors (Lipinski definition) is 4. The largest absolute Gasteiger partial charge is 0.508 e. The van der Waals surface area contributed by atoms with Gasteiger partial charge < -0.3 is 21.1 Å². The third-order valence-electron chi connectivity index (χ3n) is 2.61. The minimum absolute atomic E-state index is 0.152. The summed E-state index contributed by atoms with van der Waals surface area (Å²) in [5.74, 6) is -0.185. The maximum absolute atomic E-state index is 9.51. The molecule has 0 saturated heterocycles. The van der Waals surface area contributed by atoms with Crippen molar-refractivity contribution in [3.8, 4) is 28.4 Å². The van der Waals surface area contributed by atoms with E-state index < -0.39 is 0 Å². The molecule has 0 fully saturated rings. The van der Waals surface area contributed by atoms with Crippen molar-refractivity contribution in [2.45, 2.75) is 20.4 Å². The van der Waals surface area contributed by atoms with Crippen molar-refractivity contribution in [1.29, 1.82) is 0 Å². The molecule has 0 aliphatic heterocycles. The molecule has 4 nitrogen and oxygen atoms in total. The van der Waals surface area contributed by atoms with Crippen LogP contribution in [-0.2, 0) is 6.54 Å². The fourth-order valence-corrected chi connectivity index (χ4v) is 1.63. The summed E-state index contributed by atoms with van der Waals surface area (Å²) in [5, 5.41) is 28.2. The number of rotatable bonds is 2. The third kappa shape index (κ3) is 3.39. The van der Waals surface area contributed by atoms with E-state index >= 15 is 0 Å². The second kappa shape index (κ2) is 6.66. The molecule has 0 spiro atoms. The van der Waals surface area contributed by atoms with E-state index in [1.807, 2.05) is 13.8 Å². The smallest absolute Gasteiger partial charge is 0.158 e. The highest BCUT2D eigenvalue weighted by molar-refractivity contribution is 5.68. The van der Waals surface area contributed by atoms with Crippen molar-refractivity contribution in [2.75, 3.05) is 0 Å². The maximum Gasteiger partial charge on any atom is 0.158 e. The van der Waals surface area contributed by atoms with Crippen molar-refractivity contribution < 1.29 is 15.3 Å². The second-order valence-electron chi connectivity index (χ2n) is 3.75. The van der Waals surface area contributed by atoms with Crippen molar-refractivity contribution >= 4 is 0 Å². The zero-order valence-electron chi connectivity index (χ0n) is 11.1. The lowest BCUT2D eigenvalue weighted by Gasteiger charge is -2.07. The molecule has 0 unspecified atom stereocenters. The minimum Gasteiger partial charge on any atom is -0.508 e. The molecular formula is C15H19NO3. The summed E-state index contributed by atoms with van der Waals surface area (Å²) >= 11 is 0. The number of benzene rings is 2. The molecule has 0 aromatic heterocycles. The van der Waals surface area contributed by atoms with Crippen LogP contribution < -0.4 is 5.73 Å². The Kier molecular flexibility index (Phi) is 5.21.